The summed E-state index contributed by atoms with van der Waals surface area (Å²) in [4.78, 5) is 16.4. The number of carbonyl (C=O) groups excluding carboxylic acids is 1. The Bertz CT molecular complexity index is 691. The van der Waals surface area contributed by atoms with Crippen LogP contribution in [0.15, 0.2) is 34.9 Å². The first-order valence-electron chi connectivity index (χ1n) is 9.41. The van der Waals surface area contributed by atoms with Crippen molar-refractivity contribution < 1.29 is 9.21 Å². The standard InChI is InChI=1S/C20H26ClN3O2/c21-16-9-7-15(8-10-16)20-24-18(14-26-20)13-19(25)23-12-11-22-17-5-3-1-2-4-6-17/h7-10,14,17,22H,1-6,11-13H2,(H,23,25). The molecule has 1 aromatic heterocycles. The number of halogens is 1. The quantitative estimate of drug-likeness (QED) is 0.567. The highest BCUT2D eigenvalue weighted by Gasteiger charge is 2.12. The first-order chi connectivity index (χ1) is 12.7. The van der Waals surface area contributed by atoms with Crippen molar-refractivity contribution in [2.24, 2.45) is 0 Å². The Morgan fingerprint density at radius 1 is 1.12 bits per heavy atom. The van der Waals surface area contributed by atoms with E-state index in [1.165, 1.54) is 44.8 Å². The second kappa shape index (κ2) is 9.74. The summed E-state index contributed by atoms with van der Waals surface area (Å²) in [5.41, 5.74) is 1.47. The molecule has 0 unspecified atom stereocenters. The predicted molar refractivity (Wildman–Crippen MR) is 103 cm³/mol. The summed E-state index contributed by atoms with van der Waals surface area (Å²) in [6.07, 6.45) is 9.59. The molecular formula is C20H26ClN3O2. The number of carbonyl (C=O) groups is 1. The van der Waals surface area contributed by atoms with Gasteiger partial charge in [0.1, 0.15) is 6.26 Å². The van der Waals surface area contributed by atoms with Crippen molar-refractivity contribution in [2.45, 2.75) is 51.0 Å². The zero-order valence-corrected chi connectivity index (χ0v) is 15.7. The minimum atomic E-state index is -0.0383. The van der Waals surface area contributed by atoms with Gasteiger partial charge in [0, 0.05) is 29.7 Å². The first-order valence-corrected chi connectivity index (χ1v) is 9.79. The second-order valence-electron chi connectivity index (χ2n) is 6.82. The molecule has 1 aromatic carbocycles. The third kappa shape index (κ3) is 5.85. The molecule has 140 valence electrons. The van der Waals surface area contributed by atoms with Crippen LogP contribution < -0.4 is 10.6 Å². The topological polar surface area (TPSA) is 67.2 Å². The van der Waals surface area contributed by atoms with E-state index in [9.17, 15) is 4.79 Å². The van der Waals surface area contributed by atoms with Crippen molar-refractivity contribution in [3.8, 4) is 11.5 Å². The molecule has 0 bridgehead atoms. The molecule has 5 nitrogen and oxygen atoms in total. The van der Waals surface area contributed by atoms with E-state index in [2.05, 4.69) is 15.6 Å². The number of rotatable bonds is 7. The number of oxazole rings is 1. The largest absolute Gasteiger partial charge is 0.444 e. The molecule has 0 atom stereocenters. The van der Waals surface area contributed by atoms with Crippen LogP contribution in [0.25, 0.3) is 11.5 Å². The SMILES string of the molecule is O=C(Cc1coc(-c2ccc(Cl)cc2)n1)NCCNC1CCCCCC1. The molecule has 1 aliphatic carbocycles. The molecule has 2 aromatic rings. The Kier molecular flexibility index (Phi) is 7.09. The molecule has 3 rings (SSSR count). The van der Waals surface area contributed by atoms with Crippen molar-refractivity contribution in [2.75, 3.05) is 13.1 Å². The van der Waals surface area contributed by atoms with Crippen LogP contribution in [0.1, 0.15) is 44.2 Å². The molecular weight excluding hydrogens is 350 g/mol. The fourth-order valence-electron chi connectivity index (χ4n) is 3.30. The van der Waals surface area contributed by atoms with Gasteiger partial charge in [-0.3, -0.25) is 4.79 Å². The molecule has 1 heterocycles. The number of nitrogens with one attached hydrogen (secondary N) is 2. The molecule has 2 N–H and O–H groups in total. The molecule has 1 fully saturated rings. The summed E-state index contributed by atoms with van der Waals surface area (Å²) < 4.78 is 5.46. The van der Waals surface area contributed by atoms with Crippen molar-refractivity contribution in [1.29, 1.82) is 0 Å². The molecule has 0 saturated heterocycles. The summed E-state index contributed by atoms with van der Waals surface area (Å²) >= 11 is 5.88. The zero-order chi connectivity index (χ0) is 18.2. The van der Waals surface area contributed by atoms with Gasteiger partial charge >= 0.3 is 0 Å². The van der Waals surface area contributed by atoms with Crippen LogP contribution in [0.3, 0.4) is 0 Å². The fraction of sp³-hybridized carbons (Fsp3) is 0.500. The Labute approximate surface area is 159 Å². The molecule has 1 amide bonds. The zero-order valence-electron chi connectivity index (χ0n) is 15.0. The van der Waals surface area contributed by atoms with Crippen LogP contribution in [0.4, 0.5) is 0 Å². The maximum Gasteiger partial charge on any atom is 0.226 e. The van der Waals surface area contributed by atoms with Crippen molar-refractivity contribution in [3.63, 3.8) is 0 Å². The molecule has 0 aliphatic heterocycles. The first kappa shape index (κ1) is 18.9. The van der Waals surface area contributed by atoms with E-state index >= 15 is 0 Å². The van der Waals surface area contributed by atoms with Crippen molar-refractivity contribution in [3.05, 3.63) is 41.2 Å². The lowest BCUT2D eigenvalue weighted by Crippen LogP contribution is -2.37. The number of hydrogen-bond donors (Lipinski definition) is 2. The van der Waals surface area contributed by atoms with Gasteiger partial charge in [-0.2, -0.15) is 0 Å². The Hall–Kier alpha value is -1.85. The van der Waals surface area contributed by atoms with E-state index in [-0.39, 0.29) is 12.3 Å². The molecule has 0 radical (unpaired) electrons. The highest BCUT2D eigenvalue weighted by atomic mass is 35.5. The third-order valence-corrected chi connectivity index (χ3v) is 4.97. The summed E-state index contributed by atoms with van der Waals surface area (Å²) in [6, 6.07) is 7.87. The van der Waals surface area contributed by atoms with Crippen LogP contribution in [0.5, 0.6) is 0 Å². The summed E-state index contributed by atoms with van der Waals surface area (Å²) in [6.45, 7) is 1.45. The van der Waals surface area contributed by atoms with Gasteiger partial charge in [0.25, 0.3) is 0 Å². The van der Waals surface area contributed by atoms with Crippen LogP contribution in [0.2, 0.25) is 5.02 Å². The smallest absolute Gasteiger partial charge is 0.226 e. The van der Waals surface area contributed by atoms with Crippen molar-refractivity contribution >= 4 is 17.5 Å². The van der Waals surface area contributed by atoms with Crippen LogP contribution in [-0.4, -0.2) is 30.0 Å². The van der Waals surface area contributed by atoms with E-state index in [4.69, 9.17) is 16.0 Å². The fourth-order valence-corrected chi connectivity index (χ4v) is 3.43. The molecule has 26 heavy (non-hydrogen) atoms. The van der Waals surface area contributed by atoms with Crippen LogP contribution in [0, 0.1) is 0 Å². The molecule has 0 spiro atoms. The highest BCUT2D eigenvalue weighted by molar-refractivity contribution is 6.30. The Morgan fingerprint density at radius 2 is 1.85 bits per heavy atom. The molecule has 1 saturated carbocycles. The lowest BCUT2D eigenvalue weighted by molar-refractivity contribution is -0.120. The van der Waals surface area contributed by atoms with Gasteiger partial charge in [-0.05, 0) is 37.1 Å². The second-order valence-corrected chi connectivity index (χ2v) is 7.26. The third-order valence-electron chi connectivity index (χ3n) is 4.72. The lowest BCUT2D eigenvalue weighted by Gasteiger charge is -2.16. The van der Waals surface area contributed by atoms with Gasteiger partial charge in [-0.1, -0.05) is 37.3 Å². The normalized spacial score (nSPS) is 15.6. The van der Waals surface area contributed by atoms with Crippen molar-refractivity contribution in [1.82, 2.24) is 15.6 Å². The van der Waals surface area contributed by atoms with Gasteiger partial charge < -0.3 is 15.1 Å². The van der Waals surface area contributed by atoms with Gasteiger partial charge in [-0.25, -0.2) is 4.98 Å². The van der Waals surface area contributed by atoms with E-state index in [0.29, 0.717) is 29.2 Å². The molecule has 6 heteroatoms. The van der Waals surface area contributed by atoms with Crippen LogP contribution in [-0.2, 0) is 11.2 Å². The number of benzene rings is 1. The van der Waals surface area contributed by atoms with Gasteiger partial charge in [0.05, 0.1) is 12.1 Å². The average molecular weight is 376 g/mol. The predicted octanol–water partition coefficient (Wildman–Crippen LogP) is 3.97. The van der Waals surface area contributed by atoms with E-state index < -0.39 is 0 Å². The maximum atomic E-state index is 12.1. The monoisotopic (exact) mass is 375 g/mol. The minimum Gasteiger partial charge on any atom is -0.444 e. The minimum absolute atomic E-state index is 0.0383. The number of hydrogen-bond acceptors (Lipinski definition) is 4. The Balaban J connectivity index is 1.39. The lowest BCUT2D eigenvalue weighted by atomic mass is 10.1. The van der Waals surface area contributed by atoms with Gasteiger partial charge in [0.2, 0.25) is 11.8 Å². The van der Waals surface area contributed by atoms with Crippen LogP contribution >= 0.6 is 11.6 Å². The summed E-state index contributed by atoms with van der Waals surface area (Å²) in [7, 11) is 0. The summed E-state index contributed by atoms with van der Waals surface area (Å²) in [5, 5.41) is 7.16. The van der Waals surface area contributed by atoms with E-state index in [1.807, 2.05) is 12.1 Å². The van der Waals surface area contributed by atoms with E-state index in [1.54, 1.807) is 12.1 Å². The van der Waals surface area contributed by atoms with Gasteiger partial charge in [-0.15, -0.1) is 0 Å². The average Bonchev–Trinajstić information content (AvgIpc) is 2.94. The highest BCUT2D eigenvalue weighted by Crippen LogP contribution is 2.21. The van der Waals surface area contributed by atoms with Gasteiger partial charge in [0.15, 0.2) is 0 Å². The summed E-state index contributed by atoms with van der Waals surface area (Å²) in [5.74, 6) is 0.461. The number of aromatic nitrogens is 1. The number of nitrogens with zero attached hydrogens (tertiary/aromatic N) is 1. The Morgan fingerprint density at radius 3 is 2.58 bits per heavy atom. The number of amides is 1. The molecule has 1 aliphatic rings. The van der Waals surface area contributed by atoms with E-state index in [0.717, 1.165) is 12.1 Å². The maximum absolute atomic E-state index is 12.1.